The van der Waals surface area contributed by atoms with Crippen LogP contribution in [0.1, 0.15) is 19.3 Å². The number of alkyl halides is 1. The summed E-state index contributed by atoms with van der Waals surface area (Å²) >= 11 is 3.73. The molecule has 0 aliphatic heterocycles. The van der Waals surface area contributed by atoms with Crippen molar-refractivity contribution in [3.8, 4) is 0 Å². The molecule has 0 aromatic heterocycles. The lowest BCUT2D eigenvalue weighted by Crippen LogP contribution is -2.29. The molecule has 1 saturated carbocycles. The predicted molar refractivity (Wildman–Crippen MR) is 55.5 cm³/mol. The second-order valence-electron chi connectivity index (χ2n) is 3.63. The molecule has 0 bridgehead atoms. The van der Waals surface area contributed by atoms with Gasteiger partial charge in [-0.3, -0.25) is 0 Å². The molecule has 1 aliphatic rings. The maximum atomic E-state index is 3.73. The number of hydrogen-bond acceptors (Lipinski definition) is 1. The molecule has 64 valence electrons. The molecular weight excluding hydrogens is 201 g/mol. The van der Waals surface area contributed by atoms with E-state index in [0.29, 0.717) is 6.85 Å². The third-order valence-corrected chi connectivity index (χ3v) is 3.92. The van der Waals surface area contributed by atoms with Crippen LogP contribution in [-0.4, -0.2) is 18.7 Å². The summed E-state index contributed by atoms with van der Waals surface area (Å²) in [5, 5.41) is 3.29. The van der Waals surface area contributed by atoms with Gasteiger partial charge in [-0.15, -0.1) is 0 Å². The molecule has 0 aromatic carbocycles. The molecule has 1 N–H and O–H groups in total. The van der Waals surface area contributed by atoms with Gasteiger partial charge in [-0.25, -0.2) is 0 Å². The first kappa shape index (κ1) is 9.59. The second kappa shape index (κ2) is 4.51. The lowest BCUT2D eigenvalue weighted by molar-refractivity contribution is 0.620. The summed E-state index contributed by atoms with van der Waals surface area (Å²) in [4.78, 5) is 0.790. The molecule has 2 unspecified atom stereocenters. The number of nitrogens with one attached hydrogen (secondary N) is 1. The highest BCUT2D eigenvalue weighted by atomic mass is 79.9. The Kier molecular flexibility index (Phi) is 3.93. The van der Waals surface area contributed by atoms with E-state index < -0.39 is 0 Å². The third kappa shape index (κ3) is 2.79. The van der Waals surface area contributed by atoms with Crippen LogP contribution in [0.5, 0.6) is 0 Å². The molecule has 0 aromatic rings. The summed E-state index contributed by atoms with van der Waals surface area (Å²) in [6.07, 6.45) is 5.53. The predicted octanol–water partition coefficient (Wildman–Crippen LogP) is 2.39. The van der Waals surface area contributed by atoms with E-state index in [1.165, 1.54) is 25.6 Å². The van der Waals surface area contributed by atoms with Crippen LogP contribution in [0.15, 0.2) is 0 Å². The van der Waals surface area contributed by atoms with Crippen molar-refractivity contribution in [3.63, 3.8) is 0 Å². The molecule has 0 radical (unpaired) electrons. The number of hydrogen-bond donors (Lipinski definition) is 1. The van der Waals surface area contributed by atoms with Gasteiger partial charge in [0, 0.05) is 4.83 Å². The highest BCUT2D eigenvalue weighted by Crippen LogP contribution is 2.34. The van der Waals surface area contributed by atoms with Gasteiger partial charge in [0.2, 0.25) is 6.85 Å². The first-order valence-corrected chi connectivity index (χ1v) is 5.47. The SMILES string of the molecule is CNB(C)CC1CCCC1Br. The van der Waals surface area contributed by atoms with Crippen molar-refractivity contribution in [3.05, 3.63) is 0 Å². The van der Waals surface area contributed by atoms with Crippen LogP contribution in [0.25, 0.3) is 0 Å². The van der Waals surface area contributed by atoms with E-state index in [4.69, 9.17) is 0 Å². The van der Waals surface area contributed by atoms with Gasteiger partial charge in [0.15, 0.2) is 0 Å². The van der Waals surface area contributed by atoms with Gasteiger partial charge in [-0.1, -0.05) is 35.5 Å². The fraction of sp³-hybridized carbons (Fsp3) is 1.00. The molecule has 0 heterocycles. The smallest absolute Gasteiger partial charge is 0.217 e. The fourth-order valence-electron chi connectivity index (χ4n) is 1.83. The zero-order valence-electron chi connectivity index (χ0n) is 7.44. The molecule has 1 nitrogen and oxygen atoms in total. The van der Waals surface area contributed by atoms with Gasteiger partial charge in [0.05, 0.1) is 0 Å². The van der Waals surface area contributed by atoms with Crippen LogP contribution < -0.4 is 5.23 Å². The highest BCUT2D eigenvalue weighted by molar-refractivity contribution is 9.09. The molecule has 0 saturated heterocycles. The fourth-order valence-corrected chi connectivity index (χ4v) is 2.63. The summed E-state index contributed by atoms with van der Waals surface area (Å²) in [7, 11) is 2.04. The van der Waals surface area contributed by atoms with Crippen molar-refractivity contribution in [2.45, 2.75) is 37.2 Å². The van der Waals surface area contributed by atoms with Crippen LogP contribution in [0.3, 0.4) is 0 Å². The molecule has 2 atom stereocenters. The highest BCUT2D eigenvalue weighted by Gasteiger charge is 2.26. The Morgan fingerprint density at radius 3 is 2.73 bits per heavy atom. The van der Waals surface area contributed by atoms with E-state index in [9.17, 15) is 0 Å². The van der Waals surface area contributed by atoms with E-state index in [0.717, 1.165) is 10.7 Å². The first-order chi connectivity index (χ1) is 5.24. The zero-order valence-corrected chi connectivity index (χ0v) is 9.02. The normalized spacial score (nSPS) is 30.8. The molecule has 1 aliphatic carbocycles. The lowest BCUT2D eigenvalue weighted by Gasteiger charge is -2.15. The maximum absolute atomic E-state index is 3.73. The average Bonchev–Trinajstić information content (AvgIpc) is 2.37. The second-order valence-corrected chi connectivity index (χ2v) is 4.81. The average molecular weight is 218 g/mol. The topological polar surface area (TPSA) is 12.0 Å². The van der Waals surface area contributed by atoms with Gasteiger partial charge in [0.1, 0.15) is 0 Å². The quantitative estimate of drug-likeness (QED) is 0.566. The Labute approximate surface area is 78.6 Å². The Morgan fingerprint density at radius 2 is 2.27 bits per heavy atom. The lowest BCUT2D eigenvalue weighted by atomic mass is 9.58. The minimum atomic E-state index is 0.679. The van der Waals surface area contributed by atoms with Crippen molar-refractivity contribution >= 4 is 22.8 Å². The maximum Gasteiger partial charge on any atom is 0.217 e. The van der Waals surface area contributed by atoms with Crippen LogP contribution in [0.2, 0.25) is 13.1 Å². The molecule has 1 fully saturated rings. The Morgan fingerprint density at radius 1 is 1.55 bits per heavy atom. The van der Waals surface area contributed by atoms with Crippen LogP contribution in [0.4, 0.5) is 0 Å². The van der Waals surface area contributed by atoms with E-state index in [-0.39, 0.29) is 0 Å². The van der Waals surface area contributed by atoms with E-state index in [2.05, 4.69) is 28.0 Å². The number of halogens is 1. The van der Waals surface area contributed by atoms with E-state index in [1.807, 2.05) is 7.05 Å². The zero-order chi connectivity index (χ0) is 8.27. The summed E-state index contributed by atoms with van der Waals surface area (Å²) in [6.45, 7) is 2.94. The van der Waals surface area contributed by atoms with Gasteiger partial charge in [-0.05, 0) is 25.8 Å². The molecular formula is C8H17BBrN. The third-order valence-electron chi connectivity index (χ3n) is 2.72. The van der Waals surface area contributed by atoms with Crippen LogP contribution >= 0.6 is 15.9 Å². The first-order valence-electron chi connectivity index (χ1n) is 4.55. The largest absolute Gasteiger partial charge is 0.359 e. The molecule has 0 spiro atoms. The number of rotatable bonds is 3. The van der Waals surface area contributed by atoms with Gasteiger partial charge in [-0.2, -0.15) is 0 Å². The molecule has 11 heavy (non-hydrogen) atoms. The van der Waals surface area contributed by atoms with Crippen LogP contribution in [0, 0.1) is 5.92 Å². The van der Waals surface area contributed by atoms with Crippen molar-refractivity contribution in [1.29, 1.82) is 0 Å². The minimum Gasteiger partial charge on any atom is -0.359 e. The standard InChI is InChI=1S/C8H17BBrN/c1-9(11-2)6-7-4-3-5-8(7)10/h7-8,11H,3-6H2,1-2H3. The van der Waals surface area contributed by atoms with Gasteiger partial charge >= 0.3 is 0 Å². The summed E-state index contributed by atoms with van der Waals surface area (Å²) in [5.74, 6) is 0.914. The van der Waals surface area contributed by atoms with Crippen molar-refractivity contribution in [2.24, 2.45) is 5.92 Å². The summed E-state index contributed by atoms with van der Waals surface area (Å²) in [5.41, 5.74) is 0. The van der Waals surface area contributed by atoms with Gasteiger partial charge < -0.3 is 5.23 Å². The molecule has 0 amide bonds. The Bertz CT molecular complexity index is 121. The Balaban J connectivity index is 2.24. The molecule has 1 rings (SSSR count). The van der Waals surface area contributed by atoms with Crippen molar-refractivity contribution in [1.82, 2.24) is 5.23 Å². The van der Waals surface area contributed by atoms with Crippen molar-refractivity contribution < 1.29 is 0 Å². The Hall–Kier alpha value is 0.505. The van der Waals surface area contributed by atoms with Gasteiger partial charge in [0.25, 0.3) is 0 Å². The van der Waals surface area contributed by atoms with Crippen molar-refractivity contribution in [2.75, 3.05) is 7.05 Å². The summed E-state index contributed by atoms with van der Waals surface area (Å²) < 4.78 is 0. The monoisotopic (exact) mass is 217 g/mol. The van der Waals surface area contributed by atoms with Crippen LogP contribution in [-0.2, 0) is 0 Å². The van der Waals surface area contributed by atoms with E-state index >= 15 is 0 Å². The molecule has 3 heteroatoms. The minimum absolute atomic E-state index is 0.679. The van der Waals surface area contributed by atoms with E-state index in [1.54, 1.807) is 0 Å². The summed E-state index contributed by atoms with van der Waals surface area (Å²) in [6, 6.07) is 0.